The number of amidine groups is 1. The molecule has 0 radical (unpaired) electrons. The number of piperazine rings is 1. The lowest BCUT2D eigenvalue weighted by Crippen LogP contribution is -2.48. The van der Waals surface area contributed by atoms with Crippen LogP contribution < -0.4 is 10.6 Å². The van der Waals surface area contributed by atoms with Gasteiger partial charge >= 0.3 is 0 Å². The van der Waals surface area contributed by atoms with Crippen LogP contribution in [0.5, 0.6) is 0 Å². The number of anilines is 1. The van der Waals surface area contributed by atoms with Gasteiger partial charge < -0.3 is 10.6 Å². The monoisotopic (exact) mass is 470 g/mol. The number of nitrogens with zero attached hydrogens (tertiary/aromatic N) is 3. The SMILES string of the molecule is NC(C=Cc1ccc(N2CCN(CC3CCCCC3)CC2)cc1Cl)=Nc1ccc(Cl)cc1. The molecule has 1 aliphatic carbocycles. The Morgan fingerprint density at radius 1 is 0.969 bits per heavy atom. The summed E-state index contributed by atoms with van der Waals surface area (Å²) in [5.41, 5.74) is 8.93. The number of rotatable bonds is 6. The minimum absolute atomic E-state index is 0.418. The van der Waals surface area contributed by atoms with E-state index in [0.29, 0.717) is 10.9 Å². The number of halogens is 2. The Hall–Kier alpha value is -2.01. The first-order chi connectivity index (χ1) is 15.6. The van der Waals surface area contributed by atoms with Crippen molar-refractivity contribution in [2.75, 3.05) is 37.6 Å². The Bertz CT molecular complexity index is 941. The zero-order chi connectivity index (χ0) is 22.3. The predicted octanol–water partition coefficient (Wildman–Crippen LogP) is 6.40. The van der Waals surface area contributed by atoms with Crippen LogP contribution in [0.3, 0.4) is 0 Å². The quantitative estimate of drug-likeness (QED) is 0.392. The predicted molar refractivity (Wildman–Crippen MR) is 138 cm³/mol. The summed E-state index contributed by atoms with van der Waals surface area (Å²) in [7, 11) is 0. The van der Waals surface area contributed by atoms with E-state index in [1.54, 1.807) is 18.2 Å². The molecule has 0 unspecified atom stereocenters. The van der Waals surface area contributed by atoms with Crippen molar-refractivity contribution in [2.45, 2.75) is 32.1 Å². The Morgan fingerprint density at radius 2 is 1.69 bits per heavy atom. The summed E-state index contributed by atoms with van der Waals surface area (Å²) >= 11 is 12.5. The van der Waals surface area contributed by atoms with Gasteiger partial charge in [-0.3, -0.25) is 4.90 Å². The molecule has 2 N–H and O–H groups in total. The molecule has 4 nitrogen and oxygen atoms in total. The fourth-order valence-electron chi connectivity index (χ4n) is 4.65. The number of benzene rings is 2. The maximum atomic E-state index is 6.58. The number of hydrogen-bond donors (Lipinski definition) is 1. The first-order valence-corrected chi connectivity index (χ1v) is 12.4. The molecule has 6 heteroatoms. The lowest BCUT2D eigenvalue weighted by Gasteiger charge is -2.38. The van der Waals surface area contributed by atoms with E-state index < -0.39 is 0 Å². The highest BCUT2D eigenvalue weighted by atomic mass is 35.5. The van der Waals surface area contributed by atoms with Crippen molar-refractivity contribution in [3.8, 4) is 0 Å². The third kappa shape index (κ3) is 6.50. The number of aliphatic imine (C=N–C) groups is 1. The van der Waals surface area contributed by atoms with E-state index in [-0.39, 0.29) is 0 Å². The Labute approximate surface area is 201 Å². The molecule has 2 aromatic rings. The Morgan fingerprint density at radius 3 is 2.38 bits per heavy atom. The fourth-order valence-corrected chi connectivity index (χ4v) is 5.01. The van der Waals surface area contributed by atoms with Crippen LogP contribution in [-0.4, -0.2) is 43.5 Å². The van der Waals surface area contributed by atoms with E-state index in [0.717, 1.165) is 48.4 Å². The molecule has 32 heavy (non-hydrogen) atoms. The van der Waals surface area contributed by atoms with Crippen molar-refractivity contribution in [2.24, 2.45) is 16.6 Å². The maximum Gasteiger partial charge on any atom is 0.124 e. The van der Waals surface area contributed by atoms with Gasteiger partial charge in [0.2, 0.25) is 0 Å². The van der Waals surface area contributed by atoms with Crippen LogP contribution in [0.25, 0.3) is 6.08 Å². The van der Waals surface area contributed by atoms with Gasteiger partial charge in [-0.2, -0.15) is 0 Å². The summed E-state index contributed by atoms with van der Waals surface area (Å²) in [6.45, 7) is 5.65. The molecular weight excluding hydrogens is 439 g/mol. The lowest BCUT2D eigenvalue weighted by molar-refractivity contribution is 0.192. The molecule has 170 valence electrons. The normalized spacial score (nSPS) is 19.1. The highest BCUT2D eigenvalue weighted by molar-refractivity contribution is 6.32. The van der Waals surface area contributed by atoms with Gasteiger partial charge in [-0.15, -0.1) is 0 Å². The van der Waals surface area contributed by atoms with Gasteiger partial charge in [-0.1, -0.05) is 48.5 Å². The first kappa shape index (κ1) is 23.2. The van der Waals surface area contributed by atoms with Crippen molar-refractivity contribution in [3.05, 3.63) is 64.1 Å². The molecule has 0 atom stereocenters. The average Bonchev–Trinajstić information content (AvgIpc) is 2.81. The van der Waals surface area contributed by atoms with E-state index in [4.69, 9.17) is 28.9 Å². The summed E-state index contributed by atoms with van der Waals surface area (Å²) in [4.78, 5) is 9.46. The first-order valence-electron chi connectivity index (χ1n) is 11.6. The molecule has 0 aromatic heterocycles. The van der Waals surface area contributed by atoms with Crippen molar-refractivity contribution >= 4 is 46.5 Å². The third-order valence-electron chi connectivity index (χ3n) is 6.48. The topological polar surface area (TPSA) is 44.9 Å². The fraction of sp³-hybridized carbons (Fsp3) is 0.423. The molecule has 1 saturated heterocycles. The van der Waals surface area contributed by atoms with Gasteiger partial charge in [-0.25, -0.2) is 4.99 Å². The Kier molecular flexibility index (Phi) is 8.12. The van der Waals surface area contributed by atoms with E-state index in [1.165, 1.54) is 44.3 Å². The van der Waals surface area contributed by atoms with Crippen molar-refractivity contribution in [1.29, 1.82) is 0 Å². The zero-order valence-corrected chi connectivity index (χ0v) is 20.0. The summed E-state index contributed by atoms with van der Waals surface area (Å²) in [5, 5.41) is 1.40. The molecular formula is C26H32Cl2N4. The van der Waals surface area contributed by atoms with Crippen molar-refractivity contribution in [3.63, 3.8) is 0 Å². The zero-order valence-electron chi connectivity index (χ0n) is 18.5. The average molecular weight is 471 g/mol. The molecule has 2 fully saturated rings. The maximum absolute atomic E-state index is 6.58. The molecule has 2 aliphatic rings. The van der Waals surface area contributed by atoms with E-state index in [9.17, 15) is 0 Å². The minimum atomic E-state index is 0.418. The Balaban J connectivity index is 1.32. The molecule has 1 aliphatic heterocycles. The van der Waals surface area contributed by atoms with Gasteiger partial charge in [0.05, 0.1) is 5.69 Å². The second kappa shape index (κ2) is 11.2. The van der Waals surface area contributed by atoms with Crippen LogP contribution in [-0.2, 0) is 0 Å². The minimum Gasteiger partial charge on any atom is -0.384 e. The molecule has 0 amide bonds. The highest BCUT2D eigenvalue weighted by Gasteiger charge is 2.21. The molecule has 0 spiro atoms. The van der Waals surface area contributed by atoms with Crippen LogP contribution in [0.2, 0.25) is 10.0 Å². The van der Waals surface area contributed by atoms with Gasteiger partial charge in [0, 0.05) is 48.5 Å². The van der Waals surface area contributed by atoms with Gasteiger partial charge in [0.1, 0.15) is 5.84 Å². The second-order valence-electron chi connectivity index (χ2n) is 8.84. The van der Waals surface area contributed by atoms with Crippen LogP contribution in [0.15, 0.2) is 53.5 Å². The van der Waals surface area contributed by atoms with Gasteiger partial charge in [0.25, 0.3) is 0 Å². The van der Waals surface area contributed by atoms with Crippen LogP contribution in [0.1, 0.15) is 37.7 Å². The summed E-state index contributed by atoms with van der Waals surface area (Å²) in [6, 6.07) is 13.5. The van der Waals surface area contributed by atoms with Gasteiger partial charge in [-0.05, 0) is 72.9 Å². The van der Waals surface area contributed by atoms with Gasteiger partial charge in [0.15, 0.2) is 0 Å². The molecule has 4 rings (SSSR count). The lowest BCUT2D eigenvalue weighted by atomic mass is 9.89. The molecule has 1 heterocycles. The number of hydrogen-bond acceptors (Lipinski definition) is 3. The van der Waals surface area contributed by atoms with Crippen LogP contribution >= 0.6 is 23.2 Å². The van der Waals surface area contributed by atoms with Crippen LogP contribution in [0, 0.1) is 5.92 Å². The van der Waals surface area contributed by atoms with Crippen molar-refractivity contribution < 1.29 is 0 Å². The molecule has 1 saturated carbocycles. The largest absolute Gasteiger partial charge is 0.384 e. The number of nitrogens with two attached hydrogens (primary N) is 1. The van der Waals surface area contributed by atoms with E-state index in [2.05, 4.69) is 33.0 Å². The van der Waals surface area contributed by atoms with E-state index >= 15 is 0 Å². The smallest absolute Gasteiger partial charge is 0.124 e. The molecule has 2 aromatic carbocycles. The van der Waals surface area contributed by atoms with E-state index in [1.807, 2.05) is 18.2 Å². The van der Waals surface area contributed by atoms with Crippen LogP contribution in [0.4, 0.5) is 11.4 Å². The third-order valence-corrected chi connectivity index (χ3v) is 7.06. The standard InChI is InChI=1S/C26H32Cl2N4/c27-22-8-10-23(11-9-22)30-26(29)13-7-21-6-12-24(18-25(21)28)32-16-14-31(15-17-32)19-20-4-2-1-3-5-20/h6-13,18,20H,1-5,14-17,19H2,(H2,29,30). The highest BCUT2D eigenvalue weighted by Crippen LogP contribution is 2.27. The summed E-state index contributed by atoms with van der Waals surface area (Å²) < 4.78 is 0. The molecule has 0 bridgehead atoms. The summed E-state index contributed by atoms with van der Waals surface area (Å²) in [6.07, 6.45) is 10.8. The summed E-state index contributed by atoms with van der Waals surface area (Å²) in [5.74, 6) is 1.33. The van der Waals surface area contributed by atoms with Crippen molar-refractivity contribution in [1.82, 2.24) is 4.90 Å². The second-order valence-corrected chi connectivity index (χ2v) is 9.69.